The highest BCUT2D eigenvalue weighted by Crippen LogP contribution is 2.26. The van der Waals surface area contributed by atoms with Crippen molar-refractivity contribution in [2.75, 3.05) is 11.9 Å². The third-order valence-electron chi connectivity index (χ3n) is 3.87. The summed E-state index contributed by atoms with van der Waals surface area (Å²) in [5, 5.41) is 7.26. The van der Waals surface area contributed by atoms with Gasteiger partial charge in [-0.3, -0.25) is 0 Å². The number of hydrogen-bond acceptors (Lipinski definition) is 2. The van der Waals surface area contributed by atoms with E-state index in [-0.39, 0.29) is 5.54 Å². The van der Waals surface area contributed by atoms with Crippen molar-refractivity contribution in [1.29, 1.82) is 0 Å². The lowest BCUT2D eigenvalue weighted by atomic mass is 9.99. The maximum atomic E-state index is 3.70. The van der Waals surface area contributed by atoms with Gasteiger partial charge in [-0.25, -0.2) is 0 Å². The standard InChI is InChI=1S/C16H26N2/c1-11(2)13-7-6-12(3)15(8-13)18-14-9-16(4,5)17-10-14/h6-8,11,14,17-18H,9-10H2,1-5H3. The monoisotopic (exact) mass is 246 g/mol. The molecule has 2 rings (SSSR count). The highest BCUT2D eigenvalue weighted by atomic mass is 15.1. The molecule has 0 aromatic heterocycles. The Morgan fingerprint density at radius 2 is 2.06 bits per heavy atom. The van der Waals surface area contributed by atoms with Gasteiger partial charge >= 0.3 is 0 Å². The molecule has 2 heteroatoms. The molecule has 0 amide bonds. The quantitative estimate of drug-likeness (QED) is 0.850. The average molecular weight is 246 g/mol. The molecule has 18 heavy (non-hydrogen) atoms. The van der Waals surface area contributed by atoms with Crippen molar-refractivity contribution in [3.8, 4) is 0 Å². The van der Waals surface area contributed by atoms with E-state index in [1.54, 1.807) is 0 Å². The van der Waals surface area contributed by atoms with E-state index in [1.165, 1.54) is 23.2 Å². The smallest absolute Gasteiger partial charge is 0.0403 e. The lowest BCUT2D eigenvalue weighted by Gasteiger charge is -2.20. The van der Waals surface area contributed by atoms with Gasteiger partial charge in [0.25, 0.3) is 0 Å². The Kier molecular flexibility index (Phi) is 3.67. The van der Waals surface area contributed by atoms with Gasteiger partial charge in [0.2, 0.25) is 0 Å². The molecule has 1 saturated heterocycles. The van der Waals surface area contributed by atoms with Crippen LogP contribution in [0.15, 0.2) is 18.2 Å². The van der Waals surface area contributed by atoms with Crippen LogP contribution < -0.4 is 10.6 Å². The van der Waals surface area contributed by atoms with Crippen molar-refractivity contribution in [1.82, 2.24) is 5.32 Å². The van der Waals surface area contributed by atoms with Crippen molar-refractivity contribution in [2.45, 2.75) is 58.5 Å². The Labute approximate surface area is 111 Å². The summed E-state index contributed by atoms with van der Waals surface area (Å²) in [6, 6.07) is 7.32. The minimum absolute atomic E-state index is 0.265. The van der Waals surface area contributed by atoms with Crippen LogP contribution in [-0.2, 0) is 0 Å². The zero-order valence-corrected chi connectivity index (χ0v) is 12.3. The maximum Gasteiger partial charge on any atom is 0.0403 e. The van der Waals surface area contributed by atoms with Crippen molar-refractivity contribution < 1.29 is 0 Å². The van der Waals surface area contributed by atoms with Crippen molar-refractivity contribution in [3.05, 3.63) is 29.3 Å². The number of benzene rings is 1. The fraction of sp³-hybridized carbons (Fsp3) is 0.625. The van der Waals surface area contributed by atoms with Gasteiger partial charge in [-0.15, -0.1) is 0 Å². The molecular weight excluding hydrogens is 220 g/mol. The second-order valence-corrected chi connectivity index (χ2v) is 6.54. The van der Waals surface area contributed by atoms with Gasteiger partial charge in [0.15, 0.2) is 0 Å². The second-order valence-electron chi connectivity index (χ2n) is 6.54. The number of aryl methyl sites for hydroxylation is 1. The van der Waals surface area contributed by atoms with Crippen molar-refractivity contribution in [2.24, 2.45) is 0 Å². The summed E-state index contributed by atoms with van der Waals surface area (Å²) in [5.41, 5.74) is 4.31. The summed E-state index contributed by atoms with van der Waals surface area (Å²) in [7, 11) is 0. The largest absolute Gasteiger partial charge is 0.381 e. The number of anilines is 1. The SMILES string of the molecule is Cc1ccc(C(C)C)cc1NC1CNC(C)(C)C1. The van der Waals surface area contributed by atoms with Gasteiger partial charge in [0.05, 0.1) is 0 Å². The molecule has 1 aromatic rings. The average Bonchev–Trinajstić information content (AvgIpc) is 2.61. The molecule has 2 nitrogen and oxygen atoms in total. The van der Waals surface area contributed by atoms with E-state index in [0.29, 0.717) is 12.0 Å². The van der Waals surface area contributed by atoms with Crippen molar-refractivity contribution in [3.63, 3.8) is 0 Å². The molecule has 0 saturated carbocycles. The van der Waals surface area contributed by atoms with Crippen LogP contribution in [-0.4, -0.2) is 18.1 Å². The lowest BCUT2D eigenvalue weighted by Crippen LogP contribution is -2.31. The molecular formula is C16H26N2. The normalized spacial score (nSPS) is 22.4. The zero-order valence-electron chi connectivity index (χ0n) is 12.3. The van der Waals surface area contributed by atoms with Gasteiger partial charge < -0.3 is 10.6 Å². The Hall–Kier alpha value is -1.02. The molecule has 1 aliphatic rings. The van der Waals surface area contributed by atoms with Gasteiger partial charge in [0, 0.05) is 23.8 Å². The van der Waals surface area contributed by atoms with Gasteiger partial charge in [-0.1, -0.05) is 26.0 Å². The van der Waals surface area contributed by atoms with Gasteiger partial charge in [-0.2, -0.15) is 0 Å². The molecule has 1 heterocycles. The third kappa shape index (κ3) is 3.05. The third-order valence-corrected chi connectivity index (χ3v) is 3.87. The van der Waals surface area contributed by atoms with Gasteiger partial charge in [-0.05, 0) is 50.3 Å². The summed E-state index contributed by atoms with van der Waals surface area (Å²) in [5.74, 6) is 0.587. The molecule has 0 bridgehead atoms. The van der Waals surface area contributed by atoms with Crippen LogP contribution in [0.2, 0.25) is 0 Å². The minimum atomic E-state index is 0.265. The maximum absolute atomic E-state index is 3.70. The van der Waals surface area contributed by atoms with Crippen LogP contribution in [0.1, 0.15) is 51.2 Å². The number of rotatable bonds is 3. The molecule has 0 aliphatic carbocycles. The molecule has 1 fully saturated rings. The van der Waals surface area contributed by atoms with Crippen LogP contribution in [0.4, 0.5) is 5.69 Å². The second kappa shape index (κ2) is 4.93. The zero-order chi connectivity index (χ0) is 13.3. The fourth-order valence-electron chi connectivity index (χ4n) is 2.64. The highest BCUT2D eigenvalue weighted by Gasteiger charge is 2.30. The van der Waals surface area contributed by atoms with E-state index in [1.807, 2.05) is 0 Å². The van der Waals surface area contributed by atoms with E-state index in [2.05, 4.69) is 63.5 Å². The summed E-state index contributed by atoms with van der Waals surface area (Å²) >= 11 is 0. The van der Waals surface area contributed by atoms with E-state index in [9.17, 15) is 0 Å². The van der Waals surface area contributed by atoms with Crippen LogP contribution in [0, 0.1) is 6.92 Å². The summed E-state index contributed by atoms with van der Waals surface area (Å²) in [6.07, 6.45) is 1.18. The van der Waals surface area contributed by atoms with E-state index >= 15 is 0 Å². The molecule has 1 unspecified atom stereocenters. The van der Waals surface area contributed by atoms with E-state index in [0.717, 1.165) is 6.54 Å². The fourth-order valence-corrected chi connectivity index (χ4v) is 2.64. The Morgan fingerprint density at radius 3 is 2.61 bits per heavy atom. The van der Waals surface area contributed by atoms with Gasteiger partial charge in [0.1, 0.15) is 0 Å². The first-order valence-corrected chi connectivity index (χ1v) is 6.99. The molecule has 2 N–H and O–H groups in total. The predicted molar refractivity (Wildman–Crippen MR) is 79.4 cm³/mol. The first kappa shape index (κ1) is 13.4. The molecule has 1 aliphatic heterocycles. The predicted octanol–water partition coefficient (Wildman–Crippen LogP) is 3.67. The number of hydrogen-bond donors (Lipinski definition) is 2. The summed E-state index contributed by atoms with van der Waals surface area (Å²) in [4.78, 5) is 0. The Balaban J connectivity index is 2.11. The Morgan fingerprint density at radius 1 is 1.33 bits per heavy atom. The van der Waals surface area contributed by atoms with Crippen molar-refractivity contribution >= 4 is 5.69 Å². The van der Waals surface area contributed by atoms with Crippen LogP contribution >= 0.6 is 0 Å². The molecule has 0 radical (unpaired) electrons. The first-order valence-electron chi connectivity index (χ1n) is 6.99. The Bertz CT molecular complexity index is 421. The van der Waals surface area contributed by atoms with E-state index in [4.69, 9.17) is 0 Å². The number of nitrogens with one attached hydrogen (secondary N) is 2. The van der Waals surface area contributed by atoms with E-state index < -0.39 is 0 Å². The molecule has 1 atom stereocenters. The first-order chi connectivity index (χ1) is 8.37. The van der Waals surface area contributed by atoms with Crippen LogP contribution in [0.25, 0.3) is 0 Å². The highest BCUT2D eigenvalue weighted by molar-refractivity contribution is 5.54. The molecule has 0 spiro atoms. The molecule has 1 aromatic carbocycles. The lowest BCUT2D eigenvalue weighted by molar-refractivity contribution is 0.457. The minimum Gasteiger partial charge on any atom is -0.381 e. The summed E-state index contributed by atoms with van der Waals surface area (Å²) < 4.78 is 0. The topological polar surface area (TPSA) is 24.1 Å². The van der Waals surface area contributed by atoms with Crippen LogP contribution in [0.3, 0.4) is 0 Å². The molecule has 100 valence electrons. The summed E-state index contributed by atoms with van der Waals surface area (Å²) in [6.45, 7) is 12.3. The van der Waals surface area contributed by atoms with Crippen LogP contribution in [0.5, 0.6) is 0 Å².